The van der Waals surface area contributed by atoms with Crippen molar-refractivity contribution in [2.45, 2.75) is 27.7 Å². The fraction of sp³-hybridized carbons (Fsp3) is 0.429. The standard InChI is InChI=1S/C14H16O6S2/c1-5-19-11(17)9(7(3)15)13-21-14(22-13)10(8(4)16)12(18)20-6-2/h5-6H2,1-4H3. The van der Waals surface area contributed by atoms with Gasteiger partial charge < -0.3 is 9.47 Å². The van der Waals surface area contributed by atoms with Crippen molar-refractivity contribution in [2.75, 3.05) is 13.2 Å². The highest BCUT2D eigenvalue weighted by molar-refractivity contribution is 7.36. The predicted octanol–water partition coefficient (Wildman–Crippen LogP) is 0.415. The molecule has 0 aliphatic carbocycles. The van der Waals surface area contributed by atoms with Crippen molar-refractivity contribution in [3.63, 3.8) is 0 Å². The smallest absolute Gasteiger partial charge is 0.344 e. The second-order valence-corrected chi connectivity index (χ2v) is 6.64. The summed E-state index contributed by atoms with van der Waals surface area (Å²) in [4.78, 5) is 46.7. The minimum Gasteiger partial charge on any atom is -0.462 e. The predicted molar refractivity (Wildman–Crippen MR) is 82.9 cm³/mol. The summed E-state index contributed by atoms with van der Waals surface area (Å²) in [6.07, 6.45) is 0. The highest BCUT2D eigenvalue weighted by atomic mass is 32.2. The van der Waals surface area contributed by atoms with Crippen LogP contribution in [0.3, 0.4) is 0 Å². The number of Topliss-reactive ketones (excluding diaryl/α,β-unsaturated/α-hetero) is 2. The molecular formula is C14H16O6S2. The summed E-state index contributed by atoms with van der Waals surface area (Å²) in [5, 5.41) is 0. The van der Waals surface area contributed by atoms with E-state index in [0.717, 1.165) is 22.7 Å². The van der Waals surface area contributed by atoms with Gasteiger partial charge in [-0.2, -0.15) is 0 Å². The van der Waals surface area contributed by atoms with Crippen molar-refractivity contribution in [1.29, 1.82) is 0 Å². The molecule has 0 radical (unpaired) electrons. The zero-order valence-electron chi connectivity index (χ0n) is 12.7. The van der Waals surface area contributed by atoms with E-state index in [1.165, 1.54) is 13.8 Å². The van der Waals surface area contributed by atoms with Crippen LogP contribution in [0.2, 0.25) is 0 Å². The van der Waals surface area contributed by atoms with Crippen LogP contribution in [0.25, 0.3) is 11.1 Å². The van der Waals surface area contributed by atoms with Gasteiger partial charge >= 0.3 is 11.9 Å². The van der Waals surface area contributed by atoms with Gasteiger partial charge in [-0.05, 0) is 27.7 Å². The lowest BCUT2D eigenvalue weighted by molar-refractivity contribution is -0.138. The van der Waals surface area contributed by atoms with Crippen LogP contribution < -0.4 is 7.69 Å². The first-order chi connectivity index (χ1) is 10.3. The Bertz CT molecular complexity index is 646. The topological polar surface area (TPSA) is 86.7 Å². The first-order valence-corrected chi connectivity index (χ1v) is 8.17. The molecule has 1 heterocycles. The third kappa shape index (κ3) is 4.11. The molecule has 0 saturated heterocycles. The van der Waals surface area contributed by atoms with Gasteiger partial charge in [-0.1, -0.05) is 0 Å². The van der Waals surface area contributed by atoms with Gasteiger partial charge in [0.05, 0.1) is 13.2 Å². The van der Waals surface area contributed by atoms with Crippen LogP contribution in [0.15, 0.2) is 0 Å². The molecule has 22 heavy (non-hydrogen) atoms. The Kier molecular flexibility index (Phi) is 6.63. The molecule has 0 amide bonds. The molecule has 1 aromatic rings. The lowest BCUT2D eigenvalue weighted by Crippen LogP contribution is -2.28. The van der Waals surface area contributed by atoms with Crippen LogP contribution in [0, 0.1) is 0 Å². The average Bonchev–Trinajstić information content (AvgIpc) is 2.35. The van der Waals surface area contributed by atoms with Crippen LogP contribution in [-0.4, -0.2) is 36.7 Å². The number of esters is 2. The average molecular weight is 344 g/mol. The van der Waals surface area contributed by atoms with E-state index in [9.17, 15) is 19.2 Å². The molecule has 0 aliphatic heterocycles. The van der Waals surface area contributed by atoms with Crippen molar-refractivity contribution in [2.24, 2.45) is 0 Å². The van der Waals surface area contributed by atoms with Gasteiger partial charge in [0.25, 0.3) is 0 Å². The van der Waals surface area contributed by atoms with Crippen LogP contribution in [0.1, 0.15) is 27.7 Å². The van der Waals surface area contributed by atoms with Crippen LogP contribution in [0.5, 0.6) is 0 Å². The molecule has 0 aliphatic rings. The molecule has 8 heteroatoms. The lowest BCUT2D eigenvalue weighted by Gasteiger charge is -2.06. The Morgan fingerprint density at radius 1 is 0.773 bits per heavy atom. The van der Waals surface area contributed by atoms with E-state index in [0.29, 0.717) is 7.69 Å². The molecule has 6 nitrogen and oxygen atoms in total. The maximum atomic E-state index is 11.8. The second kappa shape index (κ2) is 8.00. The zero-order valence-corrected chi connectivity index (χ0v) is 14.3. The quantitative estimate of drug-likeness (QED) is 0.549. The highest BCUT2D eigenvalue weighted by Gasteiger charge is 2.22. The molecule has 0 unspecified atom stereocenters. The van der Waals surface area contributed by atoms with Crippen LogP contribution in [-0.2, 0) is 28.7 Å². The Balaban J connectivity index is 3.42. The summed E-state index contributed by atoms with van der Waals surface area (Å²) in [5.41, 5.74) is -0.125. The summed E-state index contributed by atoms with van der Waals surface area (Å²) < 4.78 is 10.5. The summed E-state index contributed by atoms with van der Waals surface area (Å²) in [6, 6.07) is 0. The fourth-order valence-corrected chi connectivity index (χ4v) is 3.95. The Labute approximate surface area is 135 Å². The third-order valence-electron chi connectivity index (χ3n) is 2.44. The summed E-state index contributed by atoms with van der Waals surface area (Å²) in [7, 11) is 0. The lowest BCUT2D eigenvalue weighted by atomic mass is 10.2. The number of rotatable bonds is 6. The molecule has 0 fully saturated rings. The first-order valence-electron chi connectivity index (χ1n) is 6.53. The molecule has 0 spiro atoms. The normalized spacial score (nSPS) is 10.0. The number of ketones is 2. The molecule has 0 aromatic carbocycles. The molecule has 1 rings (SSSR count). The zero-order chi connectivity index (χ0) is 16.9. The van der Waals surface area contributed by atoms with Gasteiger partial charge in [-0.3, -0.25) is 9.59 Å². The van der Waals surface area contributed by atoms with E-state index in [4.69, 9.17) is 9.47 Å². The van der Waals surface area contributed by atoms with Crippen LogP contribution in [0.4, 0.5) is 0 Å². The van der Waals surface area contributed by atoms with E-state index in [1.807, 2.05) is 0 Å². The van der Waals surface area contributed by atoms with Crippen molar-refractivity contribution < 1.29 is 28.7 Å². The van der Waals surface area contributed by atoms with Gasteiger partial charge in [-0.15, -0.1) is 22.7 Å². The van der Waals surface area contributed by atoms with Crippen LogP contribution >= 0.6 is 22.7 Å². The molecule has 1 aromatic heterocycles. The number of hydrogen-bond acceptors (Lipinski definition) is 8. The SMILES string of the molecule is CCOC(=O)C(C(C)=O)=c1sc(=C(C(C)=O)C(=O)OCC)s1. The van der Waals surface area contributed by atoms with Gasteiger partial charge in [0.2, 0.25) is 0 Å². The summed E-state index contributed by atoms with van der Waals surface area (Å²) in [5.74, 6) is -2.25. The molecule has 0 N–H and O–H groups in total. The fourth-order valence-electron chi connectivity index (χ4n) is 1.53. The number of ether oxygens (including phenoxy) is 2. The van der Waals surface area contributed by atoms with E-state index in [1.54, 1.807) is 13.8 Å². The molecular weight excluding hydrogens is 328 g/mol. The Morgan fingerprint density at radius 2 is 1.09 bits per heavy atom. The molecule has 0 atom stereocenters. The van der Waals surface area contributed by atoms with Crippen molar-refractivity contribution in [3.8, 4) is 0 Å². The van der Waals surface area contributed by atoms with Gasteiger partial charge in [0.1, 0.15) is 18.8 Å². The second-order valence-electron chi connectivity index (χ2n) is 4.08. The summed E-state index contributed by atoms with van der Waals surface area (Å²) >= 11 is 2.07. The Morgan fingerprint density at radius 3 is 1.32 bits per heavy atom. The molecule has 0 saturated carbocycles. The van der Waals surface area contributed by atoms with Gasteiger partial charge in [-0.25, -0.2) is 9.59 Å². The third-order valence-corrected chi connectivity index (χ3v) is 5.00. The van der Waals surface area contributed by atoms with E-state index >= 15 is 0 Å². The van der Waals surface area contributed by atoms with E-state index in [-0.39, 0.29) is 24.4 Å². The van der Waals surface area contributed by atoms with Gasteiger partial charge in [0, 0.05) is 0 Å². The number of carbonyl (C=O) groups excluding carboxylic acids is 4. The highest BCUT2D eigenvalue weighted by Crippen LogP contribution is 2.07. The Hall–Kier alpha value is -1.80. The monoisotopic (exact) mass is 344 g/mol. The van der Waals surface area contributed by atoms with E-state index in [2.05, 4.69) is 0 Å². The maximum Gasteiger partial charge on any atom is 0.344 e. The van der Waals surface area contributed by atoms with E-state index < -0.39 is 23.5 Å². The van der Waals surface area contributed by atoms with Crippen molar-refractivity contribution >= 4 is 57.3 Å². The molecule has 120 valence electrons. The minimum absolute atomic E-state index is 0.0626. The minimum atomic E-state index is -0.704. The first kappa shape index (κ1) is 18.2. The van der Waals surface area contributed by atoms with Gasteiger partial charge in [0.15, 0.2) is 11.6 Å². The van der Waals surface area contributed by atoms with Crippen molar-refractivity contribution in [1.82, 2.24) is 0 Å². The summed E-state index contributed by atoms with van der Waals surface area (Å²) in [6.45, 7) is 6.12. The number of carbonyl (C=O) groups is 4. The molecule has 0 bridgehead atoms. The number of hydrogen-bond donors (Lipinski definition) is 0. The van der Waals surface area contributed by atoms with Crippen molar-refractivity contribution in [3.05, 3.63) is 7.69 Å². The maximum absolute atomic E-state index is 11.8. The largest absolute Gasteiger partial charge is 0.462 e.